The fourth-order valence-electron chi connectivity index (χ4n) is 3.12. The summed E-state index contributed by atoms with van der Waals surface area (Å²) in [6, 6.07) is 12.1. The maximum absolute atomic E-state index is 11.8. The van der Waals surface area contributed by atoms with E-state index in [0.717, 1.165) is 12.1 Å². The van der Waals surface area contributed by atoms with Crippen molar-refractivity contribution >= 4 is 16.9 Å². The van der Waals surface area contributed by atoms with E-state index in [9.17, 15) is 4.79 Å². The first-order chi connectivity index (χ1) is 11.0. The standard InChI is InChI=1S/C20H21NO2/c1-13-6-5-7-14(2)18(13)12-21-11-15(3)17-9-8-16(10-19(17)21)20(22)23-4/h5-11H,12H2,1-4H3. The molecule has 0 aliphatic rings. The number of methoxy groups -OCH3 is 1. The van der Waals surface area contributed by atoms with Gasteiger partial charge >= 0.3 is 5.97 Å². The Morgan fingerprint density at radius 3 is 2.39 bits per heavy atom. The second kappa shape index (κ2) is 5.92. The Kier molecular flexibility index (Phi) is 3.95. The monoisotopic (exact) mass is 307 g/mol. The average Bonchev–Trinajstić information content (AvgIpc) is 2.86. The summed E-state index contributed by atoms with van der Waals surface area (Å²) in [5.41, 5.74) is 6.76. The summed E-state index contributed by atoms with van der Waals surface area (Å²) in [6.45, 7) is 7.18. The van der Waals surface area contributed by atoms with E-state index in [0.29, 0.717) is 5.56 Å². The molecule has 0 saturated heterocycles. The number of rotatable bonds is 3. The largest absolute Gasteiger partial charge is 0.465 e. The molecule has 0 amide bonds. The fraction of sp³-hybridized carbons (Fsp3) is 0.250. The number of benzene rings is 2. The molecule has 0 fully saturated rings. The van der Waals surface area contributed by atoms with E-state index in [1.165, 1.54) is 34.7 Å². The molecule has 0 unspecified atom stereocenters. The van der Waals surface area contributed by atoms with Crippen molar-refractivity contribution in [3.8, 4) is 0 Å². The molecule has 2 aromatic carbocycles. The summed E-state index contributed by atoms with van der Waals surface area (Å²) in [5.74, 6) is -0.302. The van der Waals surface area contributed by atoms with Gasteiger partial charge in [0.05, 0.1) is 12.7 Å². The van der Waals surface area contributed by atoms with Gasteiger partial charge in [-0.2, -0.15) is 0 Å². The highest BCUT2D eigenvalue weighted by molar-refractivity contribution is 5.95. The maximum Gasteiger partial charge on any atom is 0.337 e. The van der Waals surface area contributed by atoms with Crippen LogP contribution in [0.1, 0.15) is 32.6 Å². The Balaban J connectivity index is 2.12. The molecule has 3 rings (SSSR count). The van der Waals surface area contributed by atoms with Crippen LogP contribution in [0.15, 0.2) is 42.6 Å². The topological polar surface area (TPSA) is 31.2 Å². The molecule has 0 aliphatic heterocycles. The summed E-state index contributed by atoms with van der Waals surface area (Å²) in [4.78, 5) is 11.8. The van der Waals surface area contributed by atoms with Crippen LogP contribution in [0, 0.1) is 20.8 Å². The Morgan fingerprint density at radius 1 is 1.04 bits per heavy atom. The molecule has 1 aromatic heterocycles. The fourth-order valence-corrected chi connectivity index (χ4v) is 3.12. The van der Waals surface area contributed by atoms with Gasteiger partial charge in [0.25, 0.3) is 0 Å². The summed E-state index contributed by atoms with van der Waals surface area (Å²) < 4.78 is 7.05. The predicted molar refractivity (Wildman–Crippen MR) is 93.0 cm³/mol. The van der Waals surface area contributed by atoms with Crippen LogP contribution in [0.25, 0.3) is 10.9 Å². The van der Waals surface area contributed by atoms with E-state index in [-0.39, 0.29) is 5.97 Å². The second-order valence-corrected chi connectivity index (χ2v) is 6.03. The molecule has 0 bridgehead atoms. The zero-order valence-electron chi connectivity index (χ0n) is 14.0. The highest BCUT2D eigenvalue weighted by Crippen LogP contribution is 2.25. The van der Waals surface area contributed by atoms with Crippen LogP contribution >= 0.6 is 0 Å². The molecule has 0 saturated carbocycles. The molecule has 0 atom stereocenters. The molecule has 0 aliphatic carbocycles. The third-order valence-electron chi connectivity index (χ3n) is 4.48. The molecule has 3 nitrogen and oxygen atoms in total. The van der Waals surface area contributed by atoms with Crippen LogP contribution < -0.4 is 0 Å². The lowest BCUT2D eigenvalue weighted by Gasteiger charge is -2.12. The summed E-state index contributed by atoms with van der Waals surface area (Å²) >= 11 is 0. The van der Waals surface area contributed by atoms with Crippen molar-refractivity contribution in [1.82, 2.24) is 4.57 Å². The Labute approximate surface area is 136 Å². The number of aryl methyl sites for hydroxylation is 3. The number of esters is 1. The van der Waals surface area contributed by atoms with E-state index in [1.807, 2.05) is 18.2 Å². The number of hydrogen-bond acceptors (Lipinski definition) is 2. The number of hydrogen-bond donors (Lipinski definition) is 0. The number of nitrogens with zero attached hydrogens (tertiary/aromatic N) is 1. The van der Waals surface area contributed by atoms with Gasteiger partial charge in [0, 0.05) is 23.6 Å². The van der Waals surface area contributed by atoms with Crippen molar-refractivity contribution in [3.05, 3.63) is 70.4 Å². The van der Waals surface area contributed by atoms with Gasteiger partial charge in [0.1, 0.15) is 0 Å². The van der Waals surface area contributed by atoms with E-state index >= 15 is 0 Å². The Hall–Kier alpha value is -2.55. The van der Waals surface area contributed by atoms with Gasteiger partial charge in [0.2, 0.25) is 0 Å². The van der Waals surface area contributed by atoms with Crippen LogP contribution in [-0.2, 0) is 11.3 Å². The lowest BCUT2D eigenvalue weighted by Crippen LogP contribution is -2.04. The second-order valence-electron chi connectivity index (χ2n) is 6.03. The van der Waals surface area contributed by atoms with Crippen molar-refractivity contribution in [2.45, 2.75) is 27.3 Å². The molecule has 3 heteroatoms. The number of fused-ring (bicyclic) bond motifs is 1. The van der Waals surface area contributed by atoms with Crippen molar-refractivity contribution in [2.24, 2.45) is 0 Å². The first-order valence-corrected chi connectivity index (χ1v) is 7.74. The SMILES string of the molecule is COC(=O)c1ccc2c(C)cn(Cc3c(C)cccc3C)c2c1. The van der Waals surface area contributed by atoms with Gasteiger partial charge in [-0.05, 0) is 55.2 Å². The molecule has 118 valence electrons. The van der Waals surface area contributed by atoms with Crippen LogP contribution in [0.4, 0.5) is 0 Å². The molecular formula is C20H21NO2. The van der Waals surface area contributed by atoms with Gasteiger partial charge in [-0.3, -0.25) is 0 Å². The first kappa shape index (κ1) is 15.3. The molecular weight excluding hydrogens is 286 g/mol. The van der Waals surface area contributed by atoms with Crippen molar-refractivity contribution < 1.29 is 9.53 Å². The van der Waals surface area contributed by atoms with Gasteiger partial charge in [-0.25, -0.2) is 4.79 Å². The summed E-state index contributed by atoms with van der Waals surface area (Å²) in [7, 11) is 1.41. The van der Waals surface area contributed by atoms with E-state index in [1.54, 1.807) is 0 Å². The first-order valence-electron chi connectivity index (χ1n) is 7.74. The zero-order chi connectivity index (χ0) is 16.6. The van der Waals surface area contributed by atoms with E-state index < -0.39 is 0 Å². The maximum atomic E-state index is 11.8. The minimum Gasteiger partial charge on any atom is -0.465 e. The number of carbonyl (C=O) groups is 1. The molecule has 3 aromatic rings. The van der Waals surface area contributed by atoms with Crippen molar-refractivity contribution in [1.29, 1.82) is 0 Å². The summed E-state index contributed by atoms with van der Waals surface area (Å²) in [6.07, 6.45) is 2.15. The Bertz CT molecular complexity index is 870. The molecule has 23 heavy (non-hydrogen) atoms. The van der Waals surface area contributed by atoms with E-state index in [4.69, 9.17) is 4.74 Å². The minimum absolute atomic E-state index is 0.302. The third kappa shape index (κ3) is 2.74. The third-order valence-corrected chi connectivity index (χ3v) is 4.48. The molecule has 0 N–H and O–H groups in total. The van der Waals surface area contributed by atoms with Crippen LogP contribution in [0.3, 0.4) is 0 Å². The molecule has 0 spiro atoms. The van der Waals surface area contributed by atoms with Gasteiger partial charge in [-0.15, -0.1) is 0 Å². The van der Waals surface area contributed by atoms with Crippen LogP contribution in [0.5, 0.6) is 0 Å². The van der Waals surface area contributed by atoms with E-state index in [2.05, 4.69) is 49.7 Å². The minimum atomic E-state index is -0.302. The lowest BCUT2D eigenvalue weighted by atomic mass is 10.0. The predicted octanol–water partition coefficient (Wildman–Crippen LogP) is 4.40. The molecule has 1 heterocycles. The van der Waals surface area contributed by atoms with Crippen LogP contribution in [-0.4, -0.2) is 17.6 Å². The highest BCUT2D eigenvalue weighted by Gasteiger charge is 2.12. The van der Waals surface area contributed by atoms with Crippen LogP contribution in [0.2, 0.25) is 0 Å². The number of ether oxygens (including phenoxy) is 1. The smallest absolute Gasteiger partial charge is 0.337 e. The average molecular weight is 307 g/mol. The van der Waals surface area contributed by atoms with Gasteiger partial charge in [-0.1, -0.05) is 24.3 Å². The number of carbonyl (C=O) groups excluding carboxylic acids is 1. The van der Waals surface area contributed by atoms with Gasteiger partial charge in [0.15, 0.2) is 0 Å². The zero-order valence-corrected chi connectivity index (χ0v) is 14.0. The lowest BCUT2D eigenvalue weighted by molar-refractivity contribution is 0.0601. The van der Waals surface area contributed by atoms with Gasteiger partial charge < -0.3 is 9.30 Å². The van der Waals surface area contributed by atoms with Crippen molar-refractivity contribution in [3.63, 3.8) is 0 Å². The summed E-state index contributed by atoms with van der Waals surface area (Å²) in [5, 5.41) is 1.17. The number of aromatic nitrogens is 1. The normalized spacial score (nSPS) is 11.0. The molecule has 0 radical (unpaired) electrons. The van der Waals surface area contributed by atoms with Crippen molar-refractivity contribution in [2.75, 3.05) is 7.11 Å². The quantitative estimate of drug-likeness (QED) is 0.672. The Morgan fingerprint density at radius 2 is 1.74 bits per heavy atom. The highest BCUT2D eigenvalue weighted by atomic mass is 16.5.